The van der Waals surface area contributed by atoms with Gasteiger partial charge in [0.15, 0.2) is 5.69 Å². The van der Waals surface area contributed by atoms with Crippen molar-refractivity contribution in [2.24, 2.45) is 4.99 Å². The molecular weight excluding hydrogens is 389 g/mol. The van der Waals surface area contributed by atoms with Crippen molar-refractivity contribution in [1.82, 2.24) is 9.55 Å². The van der Waals surface area contributed by atoms with Gasteiger partial charge in [-0.2, -0.15) is 23.4 Å². The van der Waals surface area contributed by atoms with Crippen LogP contribution in [0.1, 0.15) is 31.5 Å². The highest BCUT2D eigenvalue weighted by molar-refractivity contribution is 7.13. The first-order chi connectivity index (χ1) is 13.2. The Labute approximate surface area is 162 Å². The molecule has 1 amide bonds. The fraction of sp³-hybridized carbons (Fsp3) is 0.158. The number of hydrogen-bond donors (Lipinski definition) is 0. The Morgan fingerprint density at radius 3 is 2.68 bits per heavy atom. The van der Waals surface area contributed by atoms with Gasteiger partial charge in [-0.3, -0.25) is 4.79 Å². The molecule has 0 atom stereocenters. The average molecular weight is 402 g/mol. The first-order valence-electron chi connectivity index (χ1n) is 8.02. The topological polar surface area (TPSA) is 71.0 Å². The molecule has 3 aromatic rings. The summed E-state index contributed by atoms with van der Waals surface area (Å²) in [4.78, 5) is 19.3. The van der Waals surface area contributed by atoms with E-state index in [1.54, 1.807) is 41.1 Å². The number of benzene rings is 1. The van der Waals surface area contributed by atoms with Crippen molar-refractivity contribution in [2.75, 3.05) is 0 Å². The van der Waals surface area contributed by atoms with Crippen molar-refractivity contribution in [3.05, 3.63) is 74.8 Å². The van der Waals surface area contributed by atoms with Crippen LogP contribution in [0.3, 0.4) is 0 Å². The molecule has 0 radical (unpaired) electrons. The van der Waals surface area contributed by atoms with Crippen LogP contribution in [0, 0.1) is 25.2 Å². The van der Waals surface area contributed by atoms with Gasteiger partial charge in [0.2, 0.25) is 0 Å². The van der Waals surface area contributed by atoms with E-state index in [0.717, 1.165) is 5.56 Å². The minimum absolute atomic E-state index is 0.129. The fourth-order valence-corrected chi connectivity index (χ4v) is 3.36. The third-order valence-corrected chi connectivity index (χ3v) is 4.70. The summed E-state index contributed by atoms with van der Waals surface area (Å²) in [7, 11) is 0. The number of carbonyl (C=O) groups excluding carboxylic acids is 1. The number of amides is 1. The van der Waals surface area contributed by atoms with Crippen LogP contribution in [0.5, 0.6) is 0 Å². The number of alkyl halides is 3. The van der Waals surface area contributed by atoms with E-state index >= 15 is 0 Å². The summed E-state index contributed by atoms with van der Waals surface area (Å²) >= 11 is 0.653. The molecule has 0 saturated heterocycles. The number of rotatable bonds is 2. The molecule has 0 aliphatic rings. The van der Waals surface area contributed by atoms with Crippen molar-refractivity contribution in [3.8, 4) is 11.8 Å². The van der Waals surface area contributed by atoms with Crippen molar-refractivity contribution in [1.29, 1.82) is 5.26 Å². The Bertz CT molecular complexity index is 1170. The number of aromatic nitrogens is 2. The van der Waals surface area contributed by atoms with Crippen LogP contribution < -0.4 is 5.49 Å². The zero-order valence-electron chi connectivity index (χ0n) is 14.8. The number of nitriles is 1. The third-order valence-electron chi connectivity index (χ3n) is 3.74. The highest BCUT2D eigenvalue weighted by Gasteiger charge is 2.39. The lowest BCUT2D eigenvalue weighted by atomic mass is 10.2. The Hall–Kier alpha value is -3.25. The number of halogens is 3. The normalized spacial score (nSPS) is 12.1. The minimum Gasteiger partial charge on any atom is -0.301 e. The Morgan fingerprint density at radius 2 is 2.00 bits per heavy atom. The zero-order valence-corrected chi connectivity index (χ0v) is 15.6. The second-order valence-electron chi connectivity index (χ2n) is 5.92. The second-order valence-corrected chi connectivity index (χ2v) is 7.13. The summed E-state index contributed by atoms with van der Waals surface area (Å²) in [6.07, 6.45) is -3.05. The molecule has 2 heterocycles. The maximum absolute atomic E-state index is 13.2. The van der Waals surface area contributed by atoms with E-state index in [4.69, 9.17) is 5.26 Å². The molecule has 0 aliphatic heterocycles. The maximum atomic E-state index is 13.2. The molecular formula is C19H13F3N4OS. The molecule has 28 heavy (non-hydrogen) atoms. The monoisotopic (exact) mass is 402 g/mol. The van der Waals surface area contributed by atoms with Gasteiger partial charge in [0.05, 0.1) is 16.6 Å². The van der Waals surface area contributed by atoms with Crippen LogP contribution in [0.15, 0.2) is 47.6 Å². The van der Waals surface area contributed by atoms with Gasteiger partial charge in [-0.25, -0.2) is 4.98 Å². The van der Waals surface area contributed by atoms with Gasteiger partial charge in [-0.1, -0.05) is 12.1 Å². The quantitative estimate of drug-likeness (QED) is 0.646. The molecule has 0 aliphatic carbocycles. The number of nitrogens with zero attached hydrogens (tertiary/aromatic N) is 4. The molecule has 3 rings (SSSR count). The maximum Gasteiger partial charge on any atom is 0.435 e. The Kier molecular flexibility index (Phi) is 5.16. The standard InChI is InChI=1S/C19H13F3N4OS/c1-11-6-7-15(26(10-11)14-5-3-4-13(8-14)9-23)25-18(27)16-17(19(20,21)22)24-12(2)28-16/h3-8,10H,1-2H3. The highest BCUT2D eigenvalue weighted by Crippen LogP contribution is 2.34. The van der Waals surface area contributed by atoms with Crippen molar-refractivity contribution < 1.29 is 18.0 Å². The van der Waals surface area contributed by atoms with Crippen LogP contribution in [0.25, 0.3) is 5.69 Å². The van der Waals surface area contributed by atoms with E-state index in [9.17, 15) is 18.0 Å². The average Bonchev–Trinajstić information content (AvgIpc) is 3.05. The molecule has 0 N–H and O–H groups in total. The molecule has 0 bridgehead atoms. The summed E-state index contributed by atoms with van der Waals surface area (Å²) in [6, 6.07) is 11.9. The van der Waals surface area contributed by atoms with Gasteiger partial charge < -0.3 is 4.57 Å². The van der Waals surface area contributed by atoms with Crippen LogP contribution in [0.4, 0.5) is 13.2 Å². The number of carbonyl (C=O) groups is 1. The van der Waals surface area contributed by atoms with Crippen molar-refractivity contribution in [3.63, 3.8) is 0 Å². The van der Waals surface area contributed by atoms with E-state index in [-0.39, 0.29) is 10.5 Å². The number of hydrogen-bond acceptors (Lipinski definition) is 4. The summed E-state index contributed by atoms with van der Waals surface area (Å²) in [5.41, 5.74) is 0.726. The van der Waals surface area contributed by atoms with Crippen LogP contribution in [-0.2, 0) is 6.18 Å². The smallest absolute Gasteiger partial charge is 0.301 e. The van der Waals surface area contributed by atoms with Gasteiger partial charge in [0.25, 0.3) is 5.91 Å². The summed E-state index contributed by atoms with van der Waals surface area (Å²) in [6.45, 7) is 3.22. The van der Waals surface area contributed by atoms with Crippen LogP contribution >= 0.6 is 11.3 Å². The molecule has 0 fully saturated rings. The van der Waals surface area contributed by atoms with Gasteiger partial charge in [0, 0.05) is 11.9 Å². The van der Waals surface area contributed by atoms with Gasteiger partial charge in [-0.05, 0) is 43.7 Å². The predicted octanol–water partition coefficient (Wildman–Crippen LogP) is 4.18. The predicted molar refractivity (Wildman–Crippen MR) is 97.0 cm³/mol. The Morgan fingerprint density at radius 1 is 1.25 bits per heavy atom. The minimum atomic E-state index is -4.74. The van der Waals surface area contributed by atoms with Gasteiger partial charge in [-0.15, -0.1) is 11.3 Å². The van der Waals surface area contributed by atoms with E-state index in [2.05, 4.69) is 9.98 Å². The molecule has 9 heteroatoms. The first kappa shape index (κ1) is 19.5. The molecule has 1 aromatic carbocycles. The van der Waals surface area contributed by atoms with Gasteiger partial charge >= 0.3 is 6.18 Å². The Balaban J connectivity index is 2.16. The second kappa shape index (κ2) is 7.40. The van der Waals surface area contributed by atoms with Crippen molar-refractivity contribution in [2.45, 2.75) is 20.0 Å². The molecule has 0 saturated carbocycles. The highest BCUT2D eigenvalue weighted by atomic mass is 32.1. The molecule has 142 valence electrons. The number of thiazole rings is 1. The first-order valence-corrected chi connectivity index (χ1v) is 8.84. The molecule has 5 nitrogen and oxygen atoms in total. The fourth-order valence-electron chi connectivity index (χ4n) is 2.54. The summed E-state index contributed by atoms with van der Waals surface area (Å²) < 4.78 is 41.0. The number of pyridine rings is 1. The van der Waals surface area contributed by atoms with Crippen molar-refractivity contribution >= 4 is 17.2 Å². The van der Waals surface area contributed by atoms with Crippen LogP contribution in [-0.4, -0.2) is 15.5 Å². The van der Waals surface area contributed by atoms with E-state index in [1.165, 1.54) is 13.0 Å². The largest absolute Gasteiger partial charge is 0.435 e. The summed E-state index contributed by atoms with van der Waals surface area (Å²) in [5.74, 6) is -1.02. The lowest BCUT2D eigenvalue weighted by Crippen LogP contribution is -2.21. The molecule has 2 aromatic heterocycles. The van der Waals surface area contributed by atoms with Crippen LogP contribution in [0.2, 0.25) is 0 Å². The third kappa shape index (κ3) is 4.02. The van der Waals surface area contributed by atoms with E-state index < -0.39 is 22.7 Å². The lowest BCUT2D eigenvalue weighted by molar-refractivity contribution is -0.141. The number of aryl methyl sites for hydroxylation is 2. The SMILES string of the molecule is Cc1ccc(=NC(=O)c2sc(C)nc2C(F)(F)F)n(-c2cccc(C#N)c2)c1. The lowest BCUT2D eigenvalue weighted by Gasteiger charge is -2.09. The van der Waals surface area contributed by atoms with E-state index in [0.29, 0.717) is 22.6 Å². The van der Waals surface area contributed by atoms with E-state index in [1.807, 2.05) is 13.0 Å². The summed E-state index contributed by atoms with van der Waals surface area (Å²) in [5, 5.41) is 9.22. The molecule has 0 spiro atoms. The zero-order chi connectivity index (χ0) is 20.5. The van der Waals surface area contributed by atoms with Gasteiger partial charge in [0.1, 0.15) is 10.4 Å². The molecule has 0 unspecified atom stereocenters.